The molecule has 1 heterocycles. The van der Waals surface area contributed by atoms with E-state index in [2.05, 4.69) is 0 Å². The molecule has 1 saturated heterocycles. The predicted octanol–water partition coefficient (Wildman–Crippen LogP) is 3.20. The van der Waals surface area contributed by atoms with Gasteiger partial charge in [0, 0.05) is 17.4 Å². The normalized spacial score (nSPS) is 23.6. The maximum atomic E-state index is 12.8. The van der Waals surface area contributed by atoms with Crippen LogP contribution in [0.4, 0.5) is 4.39 Å². The van der Waals surface area contributed by atoms with Crippen LogP contribution in [0.25, 0.3) is 0 Å². The van der Waals surface area contributed by atoms with Gasteiger partial charge in [-0.3, -0.25) is 4.21 Å². The fourth-order valence-electron chi connectivity index (χ4n) is 2.15. The third kappa shape index (κ3) is 3.62. The number of rotatable bonds is 4. The van der Waals surface area contributed by atoms with Gasteiger partial charge in [0.15, 0.2) is 0 Å². The van der Waals surface area contributed by atoms with Crippen LogP contribution in [0, 0.1) is 5.82 Å². The van der Waals surface area contributed by atoms with Crippen molar-refractivity contribution in [1.82, 2.24) is 0 Å². The Morgan fingerprint density at radius 1 is 1.39 bits per heavy atom. The highest BCUT2D eigenvalue weighted by Crippen LogP contribution is 2.22. The second-order valence-electron chi connectivity index (χ2n) is 4.73. The van der Waals surface area contributed by atoms with Crippen LogP contribution in [0.1, 0.15) is 37.0 Å². The highest BCUT2D eigenvalue weighted by molar-refractivity contribution is 7.85. The predicted molar refractivity (Wildman–Crippen MR) is 71.4 cm³/mol. The lowest BCUT2D eigenvalue weighted by Gasteiger charge is -2.23. The van der Waals surface area contributed by atoms with Gasteiger partial charge in [-0.1, -0.05) is 12.1 Å². The summed E-state index contributed by atoms with van der Waals surface area (Å²) in [4.78, 5) is 0. The fourth-order valence-corrected chi connectivity index (χ4v) is 3.53. The molecular weight excluding hydrogens is 251 g/mol. The summed E-state index contributed by atoms with van der Waals surface area (Å²) in [6.07, 6.45) is 3.40. The van der Waals surface area contributed by atoms with Crippen LogP contribution in [0.5, 0.6) is 0 Å². The van der Waals surface area contributed by atoms with Crippen molar-refractivity contribution >= 4 is 10.8 Å². The lowest BCUT2D eigenvalue weighted by atomic mass is 10.1. The summed E-state index contributed by atoms with van der Waals surface area (Å²) in [5.41, 5.74) is 0.922. The molecule has 4 heteroatoms. The minimum atomic E-state index is -0.967. The Morgan fingerprint density at radius 3 is 2.72 bits per heavy atom. The van der Waals surface area contributed by atoms with Crippen molar-refractivity contribution in [2.75, 3.05) is 12.4 Å². The third-order valence-electron chi connectivity index (χ3n) is 3.36. The Morgan fingerprint density at radius 2 is 2.11 bits per heavy atom. The van der Waals surface area contributed by atoms with E-state index in [4.69, 9.17) is 4.74 Å². The molecular formula is C14H19FO2S. The first-order chi connectivity index (χ1) is 8.66. The fraction of sp³-hybridized carbons (Fsp3) is 0.571. The van der Waals surface area contributed by atoms with Crippen LogP contribution in [0.15, 0.2) is 24.3 Å². The van der Waals surface area contributed by atoms with E-state index < -0.39 is 10.8 Å². The molecule has 2 rings (SSSR count). The second-order valence-corrected chi connectivity index (χ2v) is 6.53. The van der Waals surface area contributed by atoms with E-state index in [0.717, 1.165) is 31.4 Å². The summed E-state index contributed by atoms with van der Waals surface area (Å²) in [5.74, 6) is 0.325. The van der Waals surface area contributed by atoms with Gasteiger partial charge in [0.05, 0.1) is 17.1 Å². The highest BCUT2D eigenvalue weighted by atomic mass is 32.2. The molecule has 100 valence electrons. The van der Waals surface area contributed by atoms with Gasteiger partial charge in [0.25, 0.3) is 0 Å². The molecule has 1 aromatic rings. The molecule has 1 aromatic carbocycles. The Kier molecular flexibility index (Phi) is 4.89. The first-order valence-electron chi connectivity index (χ1n) is 6.41. The zero-order chi connectivity index (χ0) is 13.0. The van der Waals surface area contributed by atoms with Gasteiger partial charge < -0.3 is 4.74 Å². The van der Waals surface area contributed by atoms with Gasteiger partial charge in [0.2, 0.25) is 0 Å². The average Bonchev–Trinajstić information content (AvgIpc) is 2.40. The smallest absolute Gasteiger partial charge is 0.123 e. The maximum Gasteiger partial charge on any atom is 0.123 e. The van der Waals surface area contributed by atoms with Crippen molar-refractivity contribution in [3.8, 4) is 0 Å². The molecule has 0 spiro atoms. The molecule has 1 aliphatic rings. The minimum Gasteiger partial charge on any atom is -0.377 e. The van der Waals surface area contributed by atoms with E-state index >= 15 is 0 Å². The Hall–Kier alpha value is -0.740. The van der Waals surface area contributed by atoms with Crippen molar-refractivity contribution in [1.29, 1.82) is 0 Å². The number of ether oxygens (including phenoxy) is 1. The number of halogens is 1. The SMILES string of the molecule is C[C@@H](c1ccc(F)cc1)[S@@](=O)C[C@@H]1CCCCO1. The minimum absolute atomic E-state index is 0.0730. The quantitative estimate of drug-likeness (QED) is 0.840. The van der Waals surface area contributed by atoms with Crippen molar-refractivity contribution in [3.05, 3.63) is 35.6 Å². The summed E-state index contributed by atoms with van der Waals surface area (Å²) in [6, 6.07) is 6.25. The van der Waals surface area contributed by atoms with Crippen molar-refractivity contribution in [2.24, 2.45) is 0 Å². The first kappa shape index (κ1) is 13.7. The van der Waals surface area contributed by atoms with Crippen molar-refractivity contribution in [3.63, 3.8) is 0 Å². The molecule has 0 unspecified atom stereocenters. The molecule has 0 saturated carbocycles. The van der Waals surface area contributed by atoms with Gasteiger partial charge in [-0.2, -0.15) is 0 Å². The van der Waals surface area contributed by atoms with Crippen LogP contribution in [0.2, 0.25) is 0 Å². The summed E-state index contributed by atoms with van der Waals surface area (Å²) in [6.45, 7) is 2.71. The molecule has 1 fully saturated rings. The largest absolute Gasteiger partial charge is 0.377 e. The number of benzene rings is 1. The summed E-state index contributed by atoms with van der Waals surface area (Å²) in [5, 5.41) is -0.0730. The molecule has 18 heavy (non-hydrogen) atoms. The van der Waals surface area contributed by atoms with Gasteiger partial charge in [-0.25, -0.2) is 4.39 Å². The summed E-state index contributed by atoms with van der Waals surface area (Å²) >= 11 is 0. The lowest BCUT2D eigenvalue weighted by molar-refractivity contribution is 0.0309. The van der Waals surface area contributed by atoms with Crippen LogP contribution >= 0.6 is 0 Å². The van der Waals surface area contributed by atoms with Crippen LogP contribution in [0.3, 0.4) is 0 Å². The van der Waals surface area contributed by atoms with Gasteiger partial charge in [-0.15, -0.1) is 0 Å². The van der Waals surface area contributed by atoms with E-state index in [9.17, 15) is 8.60 Å². The molecule has 0 amide bonds. The standard InChI is InChI=1S/C14H19FO2S/c1-11(12-5-7-13(15)8-6-12)18(16)10-14-4-2-3-9-17-14/h5-8,11,14H,2-4,9-10H2,1H3/t11-,14-,18-/m0/s1. The molecule has 3 atom stereocenters. The second kappa shape index (κ2) is 6.43. The molecule has 0 aliphatic carbocycles. The number of hydrogen-bond acceptors (Lipinski definition) is 2. The Labute approximate surface area is 110 Å². The summed E-state index contributed by atoms with van der Waals surface area (Å²) in [7, 11) is -0.967. The molecule has 0 radical (unpaired) electrons. The topological polar surface area (TPSA) is 26.3 Å². The van der Waals surface area contributed by atoms with Crippen LogP contribution in [-0.2, 0) is 15.5 Å². The Balaban J connectivity index is 1.93. The molecule has 1 aliphatic heterocycles. The molecule has 0 bridgehead atoms. The van der Waals surface area contributed by atoms with Gasteiger partial charge >= 0.3 is 0 Å². The van der Waals surface area contributed by atoms with Gasteiger partial charge in [0.1, 0.15) is 5.82 Å². The lowest BCUT2D eigenvalue weighted by Crippen LogP contribution is -2.26. The maximum absolute atomic E-state index is 12.8. The zero-order valence-corrected chi connectivity index (χ0v) is 11.4. The summed E-state index contributed by atoms with van der Waals surface area (Å²) < 4.78 is 30.7. The van der Waals surface area contributed by atoms with E-state index in [1.165, 1.54) is 12.1 Å². The average molecular weight is 270 g/mol. The van der Waals surface area contributed by atoms with Crippen molar-refractivity contribution < 1.29 is 13.3 Å². The molecule has 2 nitrogen and oxygen atoms in total. The van der Waals surface area contributed by atoms with E-state index in [-0.39, 0.29) is 17.2 Å². The third-order valence-corrected chi connectivity index (χ3v) is 5.12. The van der Waals surface area contributed by atoms with Crippen molar-refractivity contribution in [2.45, 2.75) is 37.5 Å². The highest BCUT2D eigenvalue weighted by Gasteiger charge is 2.21. The van der Waals surface area contributed by atoms with E-state index in [1.807, 2.05) is 6.92 Å². The van der Waals surface area contributed by atoms with E-state index in [0.29, 0.717) is 5.75 Å². The first-order valence-corrected chi connectivity index (χ1v) is 7.79. The number of hydrogen-bond donors (Lipinski definition) is 0. The van der Waals surface area contributed by atoms with Crippen LogP contribution in [-0.4, -0.2) is 22.7 Å². The molecule has 0 N–H and O–H groups in total. The van der Waals surface area contributed by atoms with Gasteiger partial charge in [-0.05, 0) is 43.9 Å². The van der Waals surface area contributed by atoms with Crippen LogP contribution < -0.4 is 0 Å². The Bertz CT molecular complexity index is 399. The van der Waals surface area contributed by atoms with E-state index in [1.54, 1.807) is 12.1 Å². The zero-order valence-electron chi connectivity index (χ0n) is 10.6. The monoisotopic (exact) mass is 270 g/mol. The molecule has 0 aromatic heterocycles.